The Balaban J connectivity index is 2.18. The maximum Gasteiger partial charge on any atom is 0.274 e. The van der Waals surface area contributed by atoms with Gasteiger partial charge in [-0.2, -0.15) is 5.26 Å². The van der Waals surface area contributed by atoms with Crippen LogP contribution in [0.5, 0.6) is 0 Å². The first kappa shape index (κ1) is 14.0. The summed E-state index contributed by atoms with van der Waals surface area (Å²) in [5, 5.41) is 22.8. The number of nitriles is 1. The first-order valence-electron chi connectivity index (χ1n) is 5.77. The lowest BCUT2D eigenvalue weighted by Gasteiger charge is -2.09. The van der Waals surface area contributed by atoms with Crippen molar-refractivity contribution in [1.29, 1.82) is 5.26 Å². The number of halogens is 1. The summed E-state index contributed by atoms with van der Waals surface area (Å²) in [6.45, 7) is 0.335. The van der Waals surface area contributed by atoms with Crippen LogP contribution in [-0.4, -0.2) is 4.92 Å². The monoisotopic (exact) mass is 331 g/mol. The normalized spacial score (nSPS) is 9.80. The Morgan fingerprint density at radius 1 is 1.30 bits per heavy atom. The van der Waals surface area contributed by atoms with Crippen molar-refractivity contribution >= 4 is 27.3 Å². The lowest BCUT2D eigenvalue weighted by atomic mass is 10.1. The summed E-state index contributed by atoms with van der Waals surface area (Å²) in [7, 11) is 0. The Bertz CT molecular complexity index is 695. The highest BCUT2D eigenvalue weighted by Gasteiger charge is 2.12. The largest absolute Gasteiger partial charge is 0.380 e. The number of nitrogens with zero attached hydrogens (tertiary/aromatic N) is 2. The van der Waals surface area contributed by atoms with Gasteiger partial charge in [-0.05, 0) is 34.1 Å². The molecule has 0 amide bonds. The number of hydrogen-bond acceptors (Lipinski definition) is 4. The van der Waals surface area contributed by atoms with Gasteiger partial charge in [0.25, 0.3) is 5.69 Å². The van der Waals surface area contributed by atoms with E-state index in [1.165, 1.54) is 6.07 Å². The predicted molar refractivity (Wildman–Crippen MR) is 79.3 cm³/mol. The number of nitro benzene ring substituents is 1. The van der Waals surface area contributed by atoms with Crippen molar-refractivity contribution in [3.05, 3.63) is 68.2 Å². The fourth-order valence-corrected chi connectivity index (χ4v) is 2.28. The second-order valence-corrected chi connectivity index (χ2v) is 4.90. The third-order valence-corrected chi connectivity index (χ3v) is 3.41. The van der Waals surface area contributed by atoms with E-state index >= 15 is 0 Å². The second kappa shape index (κ2) is 6.17. The molecule has 0 aromatic heterocycles. The summed E-state index contributed by atoms with van der Waals surface area (Å²) in [6, 6.07) is 13.8. The predicted octanol–water partition coefficient (Wildman–Crippen LogP) is 3.84. The molecule has 6 heteroatoms. The topological polar surface area (TPSA) is 79.0 Å². The van der Waals surface area contributed by atoms with Crippen molar-refractivity contribution < 1.29 is 4.92 Å². The molecule has 0 atom stereocenters. The smallest absolute Gasteiger partial charge is 0.274 e. The molecule has 0 bridgehead atoms. The summed E-state index contributed by atoms with van der Waals surface area (Å²) in [4.78, 5) is 10.5. The average Bonchev–Trinajstić information content (AvgIpc) is 2.46. The number of nitrogens with one attached hydrogen (secondary N) is 1. The average molecular weight is 332 g/mol. The summed E-state index contributed by atoms with van der Waals surface area (Å²) in [6.07, 6.45) is 0. The van der Waals surface area contributed by atoms with Gasteiger partial charge in [0.2, 0.25) is 0 Å². The van der Waals surface area contributed by atoms with Crippen LogP contribution in [0.1, 0.15) is 11.1 Å². The Kier molecular flexibility index (Phi) is 4.33. The molecule has 0 aliphatic carbocycles. The molecule has 0 aliphatic heterocycles. The van der Waals surface area contributed by atoms with Gasteiger partial charge in [-0.3, -0.25) is 10.1 Å². The third kappa shape index (κ3) is 3.13. The molecule has 1 N–H and O–H groups in total. The van der Waals surface area contributed by atoms with Gasteiger partial charge in [0.05, 0.1) is 16.6 Å². The van der Waals surface area contributed by atoms with Crippen LogP contribution in [0.4, 0.5) is 11.4 Å². The van der Waals surface area contributed by atoms with Gasteiger partial charge in [0.1, 0.15) is 0 Å². The molecular formula is C14H10BrN3O2. The van der Waals surface area contributed by atoms with Crippen molar-refractivity contribution in [1.82, 2.24) is 0 Å². The first-order chi connectivity index (χ1) is 9.61. The summed E-state index contributed by atoms with van der Waals surface area (Å²) in [5.41, 5.74) is 2.02. The Labute approximate surface area is 124 Å². The molecule has 0 saturated heterocycles. The number of benzene rings is 2. The minimum atomic E-state index is -0.398. The maximum absolute atomic E-state index is 10.9. The van der Waals surface area contributed by atoms with E-state index < -0.39 is 4.92 Å². The lowest BCUT2D eigenvalue weighted by molar-refractivity contribution is -0.385. The summed E-state index contributed by atoms with van der Waals surface area (Å²) < 4.78 is 0.745. The van der Waals surface area contributed by atoms with Crippen molar-refractivity contribution in [2.24, 2.45) is 0 Å². The molecule has 5 nitrogen and oxygen atoms in total. The molecule has 100 valence electrons. The SMILES string of the molecule is N#Cc1ccc(NCc2ccccc2[N+](=O)[O-])c(Br)c1. The number of nitro groups is 1. The lowest BCUT2D eigenvalue weighted by Crippen LogP contribution is -2.03. The van der Waals surface area contributed by atoms with E-state index in [-0.39, 0.29) is 5.69 Å². The van der Waals surface area contributed by atoms with Crippen LogP contribution >= 0.6 is 15.9 Å². The summed E-state index contributed by atoms with van der Waals surface area (Å²) >= 11 is 3.36. The third-order valence-electron chi connectivity index (χ3n) is 2.76. The van der Waals surface area contributed by atoms with Crippen molar-refractivity contribution in [3.8, 4) is 6.07 Å². The van der Waals surface area contributed by atoms with Crippen molar-refractivity contribution in [2.45, 2.75) is 6.54 Å². The van der Waals surface area contributed by atoms with Gasteiger partial charge in [0.15, 0.2) is 0 Å². The van der Waals surface area contributed by atoms with E-state index in [0.29, 0.717) is 17.7 Å². The zero-order valence-corrected chi connectivity index (χ0v) is 11.9. The molecular weight excluding hydrogens is 322 g/mol. The zero-order valence-electron chi connectivity index (χ0n) is 10.3. The molecule has 20 heavy (non-hydrogen) atoms. The molecule has 0 fully saturated rings. The van der Waals surface area contributed by atoms with Crippen molar-refractivity contribution in [3.63, 3.8) is 0 Å². The Morgan fingerprint density at radius 2 is 2.05 bits per heavy atom. The fourth-order valence-electron chi connectivity index (χ4n) is 1.76. The van der Waals surface area contributed by atoms with Gasteiger partial charge in [-0.15, -0.1) is 0 Å². The Hall–Kier alpha value is -2.39. The molecule has 0 heterocycles. The molecule has 2 aromatic rings. The highest BCUT2D eigenvalue weighted by atomic mass is 79.9. The fraction of sp³-hybridized carbons (Fsp3) is 0.0714. The van der Waals surface area contributed by atoms with Crippen LogP contribution in [0.2, 0.25) is 0 Å². The molecule has 2 aromatic carbocycles. The molecule has 2 rings (SSSR count). The van der Waals surface area contributed by atoms with Gasteiger partial charge >= 0.3 is 0 Å². The van der Waals surface area contributed by atoms with Gasteiger partial charge < -0.3 is 5.32 Å². The molecule has 0 spiro atoms. The quantitative estimate of drug-likeness (QED) is 0.681. The van der Waals surface area contributed by atoms with Crippen LogP contribution in [-0.2, 0) is 6.54 Å². The Morgan fingerprint density at radius 3 is 2.70 bits per heavy atom. The van der Waals surface area contributed by atoms with Crippen LogP contribution in [0.25, 0.3) is 0 Å². The summed E-state index contributed by atoms with van der Waals surface area (Å²) in [5.74, 6) is 0. The van der Waals surface area contributed by atoms with E-state index in [9.17, 15) is 10.1 Å². The highest BCUT2D eigenvalue weighted by Crippen LogP contribution is 2.25. The number of hydrogen-bond donors (Lipinski definition) is 1. The van der Waals surface area contributed by atoms with E-state index in [0.717, 1.165) is 10.2 Å². The van der Waals surface area contributed by atoms with Gasteiger partial charge in [-0.25, -0.2) is 0 Å². The molecule has 0 radical (unpaired) electrons. The highest BCUT2D eigenvalue weighted by molar-refractivity contribution is 9.10. The zero-order chi connectivity index (χ0) is 14.5. The van der Waals surface area contributed by atoms with Crippen LogP contribution in [0.3, 0.4) is 0 Å². The van der Waals surface area contributed by atoms with E-state index in [1.807, 2.05) is 6.07 Å². The van der Waals surface area contributed by atoms with Crippen LogP contribution in [0.15, 0.2) is 46.9 Å². The first-order valence-corrected chi connectivity index (χ1v) is 6.57. The van der Waals surface area contributed by atoms with Crippen molar-refractivity contribution in [2.75, 3.05) is 5.32 Å². The van der Waals surface area contributed by atoms with E-state index in [1.54, 1.807) is 36.4 Å². The molecule has 0 unspecified atom stereocenters. The minimum absolute atomic E-state index is 0.0877. The van der Waals surface area contributed by atoms with Gasteiger partial charge in [0, 0.05) is 28.3 Å². The van der Waals surface area contributed by atoms with E-state index in [2.05, 4.69) is 21.2 Å². The number of anilines is 1. The standard InChI is InChI=1S/C14H10BrN3O2/c15-12-7-10(8-16)5-6-13(12)17-9-11-3-1-2-4-14(11)18(19)20/h1-7,17H,9H2. The van der Waals surface area contributed by atoms with E-state index in [4.69, 9.17) is 5.26 Å². The number of para-hydroxylation sites is 1. The number of rotatable bonds is 4. The molecule has 0 aliphatic rings. The van der Waals surface area contributed by atoms with Crippen LogP contribution in [0, 0.1) is 21.4 Å². The minimum Gasteiger partial charge on any atom is -0.380 e. The van der Waals surface area contributed by atoms with Gasteiger partial charge in [-0.1, -0.05) is 18.2 Å². The second-order valence-electron chi connectivity index (χ2n) is 4.05. The molecule has 0 saturated carbocycles. The van der Waals surface area contributed by atoms with Crippen LogP contribution < -0.4 is 5.32 Å². The maximum atomic E-state index is 10.9.